The van der Waals surface area contributed by atoms with Gasteiger partial charge in [-0.3, -0.25) is 14.6 Å². The van der Waals surface area contributed by atoms with Crippen LogP contribution in [0.25, 0.3) is 11.0 Å². The van der Waals surface area contributed by atoms with Crippen LogP contribution in [0.3, 0.4) is 0 Å². The molecule has 0 amide bonds. The van der Waals surface area contributed by atoms with Gasteiger partial charge in [-0.25, -0.2) is 4.39 Å². The molecule has 0 atom stereocenters. The molecule has 26 heavy (non-hydrogen) atoms. The molecular formula is C18H11FN4O2S. The monoisotopic (exact) mass is 366 g/mol. The zero-order valence-corrected chi connectivity index (χ0v) is 14.1. The van der Waals surface area contributed by atoms with Gasteiger partial charge in [0.25, 0.3) is 11.1 Å². The van der Waals surface area contributed by atoms with Crippen LogP contribution in [-0.4, -0.2) is 19.6 Å². The van der Waals surface area contributed by atoms with E-state index in [1.54, 1.807) is 42.7 Å². The zero-order valence-electron chi connectivity index (χ0n) is 13.3. The van der Waals surface area contributed by atoms with Gasteiger partial charge in [0.1, 0.15) is 11.5 Å². The van der Waals surface area contributed by atoms with Crippen LogP contribution in [0, 0.1) is 5.82 Å². The van der Waals surface area contributed by atoms with Gasteiger partial charge in [-0.05, 0) is 41.5 Å². The van der Waals surface area contributed by atoms with Gasteiger partial charge in [-0.2, -0.15) is 14.6 Å². The minimum atomic E-state index is -0.494. The van der Waals surface area contributed by atoms with Gasteiger partial charge in [0, 0.05) is 18.8 Å². The molecular weight excluding hydrogens is 355 g/mol. The van der Waals surface area contributed by atoms with Gasteiger partial charge in [0.2, 0.25) is 4.96 Å². The summed E-state index contributed by atoms with van der Waals surface area (Å²) in [5.74, 6) is -0.358. The number of fused-ring (bicyclic) bond motifs is 1. The van der Waals surface area contributed by atoms with Gasteiger partial charge < -0.3 is 0 Å². The average molecular weight is 366 g/mol. The zero-order chi connectivity index (χ0) is 18.1. The SMILES string of the molecule is O=c1nc2s/c(=C/c3ccncc3)c(=O)n2nc1Cc1ccc(F)cc1. The molecule has 4 aromatic rings. The molecule has 128 valence electrons. The number of rotatable bonds is 3. The van der Waals surface area contributed by atoms with Gasteiger partial charge in [-0.15, -0.1) is 0 Å². The van der Waals surface area contributed by atoms with E-state index < -0.39 is 5.56 Å². The van der Waals surface area contributed by atoms with Crippen LogP contribution in [0.1, 0.15) is 16.8 Å². The number of hydrogen-bond donors (Lipinski definition) is 0. The maximum atomic E-state index is 13.0. The Hall–Kier alpha value is -3.26. The molecule has 0 aliphatic rings. The summed E-state index contributed by atoms with van der Waals surface area (Å²) in [6, 6.07) is 9.30. The molecule has 0 saturated carbocycles. The van der Waals surface area contributed by atoms with E-state index in [2.05, 4.69) is 15.1 Å². The fourth-order valence-electron chi connectivity index (χ4n) is 2.46. The third-order valence-electron chi connectivity index (χ3n) is 3.74. The van der Waals surface area contributed by atoms with Crippen LogP contribution in [0.4, 0.5) is 4.39 Å². The summed E-state index contributed by atoms with van der Waals surface area (Å²) < 4.78 is 14.6. The molecule has 0 N–H and O–H groups in total. The molecule has 3 heterocycles. The molecule has 0 fully saturated rings. The predicted octanol–water partition coefficient (Wildman–Crippen LogP) is 1.18. The van der Waals surface area contributed by atoms with Crippen molar-refractivity contribution < 1.29 is 4.39 Å². The lowest BCUT2D eigenvalue weighted by atomic mass is 10.1. The largest absolute Gasteiger partial charge is 0.296 e. The minimum absolute atomic E-state index is 0.138. The number of halogens is 1. The number of hydrogen-bond acceptors (Lipinski definition) is 6. The van der Waals surface area contributed by atoms with Crippen LogP contribution in [-0.2, 0) is 6.42 Å². The summed E-state index contributed by atoms with van der Waals surface area (Å²) >= 11 is 1.10. The van der Waals surface area contributed by atoms with Crippen molar-refractivity contribution in [3.63, 3.8) is 0 Å². The summed E-state index contributed by atoms with van der Waals surface area (Å²) in [6.07, 6.45) is 5.14. The number of thiazole rings is 1. The third-order valence-corrected chi connectivity index (χ3v) is 4.70. The fraction of sp³-hybridized carbons (Fsp3) is 0.0556. The molecule has 4 rings (SSSR count). The normalized spacial score (nSPS) is 12.0. The van der Waals surface area contributed by atoms with Gasteiger partial charge >= 0.3 is 0 Å². The van der Waals surface area contributed by atoms with Crippen molar-refractivity contribution in [2.24, 2.45) is 0 Å². The first-order valence-electron chi connectivity index (χ1n) is 7.69. The van der Waals surface area contributed by atoms with Crippen LogP contribution < -0.4 is 15.7 Å². The van der Waals surface area contributed by atoms with Crippen LogP contribution >= 0.6 is 11.3 Å². The molecule has 0 unspecified atom stereocenters. The van der Waals surface area contributed by atoms with Crippen molar-refractivity contribution in [1.82, 2.24) is 19.6 Å². The van der Waals surface area contributed by atoms with Gasteiger partial charge in [0.15, 0.2) is 0 Å². The first-order valence-corrected chi connectivity index (χ1v) is 8.51. The Morgan fingerprint density at radius 1 is 1.08 bits per heavy atom. The highest BCUT2D eigenvalue weighted by Crippen LogP contribution is 2.07. The summed E-state index contributed by atoms with van der Waals surface area (Å²) in [6.45, 7) is 0. The van der Waals surface area contributed by atoms with Gasteiger partial charge in [0.05, 0.1) is 4.53 Å². The molecule has 0 aliphatic heterocycles. The number of benzene rings is 1. The Morgan fingerprint density at radius 3 is 2.54 bits per heavy atom. The molecule has 0 radical (unpaired) electrons. The molecule has 8 heteroatoms. The van der Waals surface area contributed by atoms with Crippen molar-refractivity contribution in [3.8, 4) is 0 Å². The highest BCUT2D eigenvalue weighted by molar-refractivity contribution is 7.15. The van der Waals surface area contributed by atoms with Gasteiger partial charge in [-0.1, -0.05) is 23.5 Å². The molecule has 1 aromatic carbocycles. The van der Waals surface area contributed by atoms with Crippen molar-refractivity contribution in [3.05, 3.63) is 96.7 Å². The van der Waals surface area contributed by atoms with E-state index in [0.717, 1.165) is 21.4 Å². The lowest BCUT2D eigenvalue weighted by Gasteiger charge is -2.00. The summed E-state index contributed by atoms with van der Waals surface area (Å²) in [7, 11) is 0. The Kier molecular flexibility index (Phi) is 4.10. The van der Waals surface area contributed by atoms with E-state index in [9.17, 15) is 14.0 Å². The molecule has 3 aromatic heterocycles. The number of nitrogens with zero attached hydrogens (tertiary/aromatic N) is 4. The summed E-state index contributed by atoms with van der Waals surface area (Å²) in [5, 5.41) is 4.17. The second kappa shape index (κ2) is 6.57. The quantitative estimate of drug-likeness (QED) is 0.544. The van der Waals surface area contributed by atoms with Crippen molar-refractivity contribution >= 4 is 22.4 Å². The fourth-order valence-corrected chi connectivity index (χ4v) is 3.36. The van der Waals surface area contributed by atoms with Crippen molar-refractivity contribution in [2.75, 3.05) is 0 Å². The second-order valence-corrected chi connectivity index (χ2v) is 6.57. The van der Waals surface area contributed by atoms with E-state index in [1.165, 1.54) is 12.1 Å². The Balaban J connectivity index is 1.80. The predicted molar refractivity (Wildman–Crippen MR) is 95.6 cm³/mol. The maximum absolute atomic E-state index is 13.0. The van der Waals surface area contributed by atoms with Crippen molar-refractivity contribution in [1.29, 1.82) is 0 Å². The Morgan fingerprint density at radius 2 is 1.81 bits per heavy atom. The minimum Gasteiger partial charge on any atom is -0.266 e. The summed E-state index contributed by atoms with van der Waals surface area (Å²) in [4.78, 5) is 32.9. The van der Waals surface area contributed by atoms with Crippen molar-refractivity contribution in [2.45, 2.75) is 6.42 Å². The van der Waals surface area contributed by atoms with Crippen LogP contribution in [0.5, 0.6) is 0 Å². The van der Waals surface area contributed by atoms with E-state index in [1.807, 2.05) is 0 Å². The Bertz CT molecular complexity index is 1250. The molecule has 0 bridgehead atoms. The van der Waals surface area contributed by atoms with Crippen LogP contribution in [0.15, 0.2) is 58.4 Å². The molecule has 0 aliphatic carbocycles. The maximum Gasteiger partial charge on any atom is 0.296 e. The first-order chi connectivity index (χ1) is 12.6. The highest BCUT2D eigenvalue weighted by Gasteiger charge is 2.11. The van der Waals surface area contributed by atoms with E-state index >= 15 is 0 Å². The first kappa shape index (κ1) is 16.2. The smallest absolute Gasteiger partial charge is 0.266 e. The topological polar surface area (TPSA) is 77.2 Å². The molecule has 0 spiro atoms. The molecule has 0 saturated heterocycles. The lowest BCUT2D eigenvalue weighted by molar-refractivity contribution is 0.627. The Labute approximate surface area is 149 Å². The third kappa shape index (κ3) is 3.14. The van der Waals surface area contributed by atoms with E-state index in [4.69, 9.17) is 0 Å². The van der Waals surface area contributed by atoms with Crippen LogP contribution in [0.2, 0.25) is 0 Å². The second-order valence-electron chi connectivity index (χ2n) is 5.56. The standard InChI is InChI=1S/C18H11FN4O2S/c19-13-3-1-11(2-4-13)9-14-16(24)21-18-23(22-14)17(25)15(26-18)10-12-5-7-20-8-6-12/h1-8,10H,9H2/b15-10+. The number of pyridine rings is 1. The average Bonchev–Trinajstić information content (AvgIpc) is 2.93. The highest BCUT2D eigenvalue weighted by atomic mass is 32.1. The van der Waals surface area contributed by atoms with E-state index in [-0.39, 0.29) is 28.5 Å². The number of aromatic nitrogens is 4. The van der Waals surface area contributed by atoms with E-state index in [0.29, 0.717) is 10.1 Å². The lowest BCUT2D eigenvalue weighted by Crippen LogP contribution is -2.28. The molecule has 6 nitrogen and oxygen atoms in total. The summed E-state index contributed by atoms with van der Waals surface area (Å²) in [5.41, 5.74) is 0.835.